The fourth-order valence-electron chi connectivity index (χ4n) is 2.27. The fourth-order valence-corrected chi connectivity index (χ4v) is 2.27. The van der Waals surface area contributed by atoms with Crippen molar-refractivity contribution in [1.82, 2.24) is 0 Å². The molecule has 3 nitrogen and oxygen atoms in total. The van der Waals surface area contributed by atoms with Crippen LogP contribution < -0.4 is 9.88 Å². The number of pyridine rings is 1. The minimum absolute atomic E-state index is 0.00102. The summed E-state index contributed by atoms with van der Waals surface area (Å²) in [6.45, 7) is 8.43. The molecule has 0 radical (unpaired) electrons. The normalized spacial score (nSPS) is 10.4. The Morgan fingerprint density at radius 3 is 2.25 bits per heavy atom. The molecule has 1 aromatic heterocycles. The van der Waals surface area contributed by atoms with Crippen molar-refractivity contribution in [3.05, 3.63) is 58.9 Å². The summed E-state index contributed by atoms with van der Waals surface area (Å²) in [4.78, 5) is 12.2. The third kappa shape index (κ3) is 3.05. The highest BCUT2D eigenvalue weighted by Crippen LogP contribution is 2.19. The molecule has 2 aromatic rings. The summed E-state index contributed by atoms with van der Waals surface area (Å²) < 4.78 is 1.97. The van der Waals surface area contributed by atoms with Gasteiger partial charge in [-0.1, -0.05) is 18.2 Å². The highest BCUT2D eigenvalue weighted by Gasteiger charge is 2.15. The van der Waals surface area contributed by atoms with Crippen molar-refractivity contribution >= 4 is 11.6 Å². The highest BCUT2D eigenvalue weighted by molar-refractivity contribution is 5.91. The van der Waals surface area contributed by atoms with Crippen LogP contribution in [0.5, 0.6) is 0 Å². The van der Waals surface area contributed by atoms with Crippen molar-refractivity contribution in [3.63, 3.8) is 0 Å². The van der Waals surface area contributed by atoms with E-state index in [1.54, 1.807) is 0 Å². The second-order valence-corrected chi connectivity index (χ2v) is 5.22. The lowest BCUT2D eigenvalue weighted by atomic mass is 10.1. The Hall–Kier alpha value is -2.16. The Morgan fingerprint density at radius 1 is 1.00 bits per heavy atom. The Bertz CT molecular complexity index is 627. The van der Waals surface area contributed by atoms with Crippen molar-refractivity contribution in [2.45, 2.75) is 34.2 Å². The maximum absolute atomic E-state index is 12.2. The second-order valence-electron chi connectivity index (χ2n) is 5.22. The van der Waals surface area contributed by atoms with Gasteiger partial charge in [0.15, 0.2) is 11.9 Å². The molecule has 0 saturated carbocycles. The maximum atomic E-state index is 12.2. The Kier molecular flexibility index (Phi) is 4.18. The molecule has 1 amide bonds. The Balaban J connectivity index is 2.16. The van der Waals surface area contributed by atoms with Gasteiger partial charge in [-0.05, 0) is 38.0 Å². The van der Waals surface area contributed by atoms with Gasteiger partial charge in [0, 0.05) is 24.2 Å². The number of aromatic nitrogens is 1. The molecule has 0 spiro atoms. The predicted molar refractivity (Wildman–Crippen MR) is 80.7 cm³/mol. The third-order valence-corrected chi connectivity index (χ3v) is 3.67. The van der Waals surface area contributed by atoms with Crippen LogP contribution in [0.2, 0.25) is 0 Å². The first-order chi connectivity index (χ1) is 9.49. The first-order valence-electron chi connectivity index (χ1n) is 6.81. The smallest absolute Gasteiger partial charge is 0.290 e. The van der Waals surface area contributed by atoms with Gasteiger partial charge >= 0.3 is 0 Å². The van der Waals surface area contributed by atoms with Gasteiger partial charge in [-0.3, -0.25) is 4.79 Å². The molecular weight excluding hydrogens is 248 g/mol. The van der Waals surface area contributed by atoms with E-state index >= 15 is 0 Å². The van der Waals surface area contributed by atoms with Gasteiger partial charge in [0.05, 0.1) is 0 Å². The number of amides is 1. The van der Waals surface area contributed by atoms with Gasteiger partial charge in [-0.2, -0.15) is 4.57 Å². The van der Waals surface area contributed by atoms with Crippen molar-refractivity contribution < 1.29 is 9.36 Å². The maximum Gasteiger partial charge on any atom is 0.290 e. The predicted octanol–water partition coefficient (Wildman–Crippen LogP) is 2.85. The van der Waals surface area contributed by atoms with Crippen LogP contribution in [0, 0.1) is 27.7 Å². The van der Waals surface area contributed by atoms with Crippen LogP contribution in [-0.2, 0) is 11.3 Å². The minimum atomic E-state index is 0.00102. The second kappa shape index (κ2) is 5.87. The average Bonchev–Trinajstić information content (AvgIpc) is 2.39. The molecule has 0 saturated heterocycles. The van der Waals surface area contributed by atoms with E-state index in [9.17, 15) is 4.79 Å². The van der Waals surface area contributed by atoms with Crippen molar-refractivity contribution in [1.29, 1.82) is 0 Å². The molecule has 1 aromatic carbocycles. The molecule has 0 fully saturated rings. The van der Waals surface area contributed by atoms with E-state index in [1.807, 2.05) is 55.8 Å². The highest BCUT2D eigenvalue weighted by atomic mass is 16.1. The summed E-state index contributed by atoms with van der Waals surface area (Å²) >= 11 is 0. The van der Waals surface area contributed by atoms with Crippen molar-refractivity contribution in [3.8, 4) is 0 Å². The summed E-state index contributed by atoms with van der Waals surface area (Å²) in [6, 6.07) is 10.0. The first kappa shape index (κ1) is 14.3. The van der Waals surface area contributed by atoms with E-state index in [0.29, 0.717) is 6.54 Å². The first-order valence-corrected chi connectivity index (χ1v) is 6.81. The topological polar surface area (TPSA) is 33.0 Å². The zero-order valence-corrected chi connectivity index (χ0v) is 12.5. The van der Waals surface area contributed by atoms with Gasteiger partial charge in [0.1, 0.15) is 0 Å². The number of hydrogen-bond donors (Lipinski definition) is 1. The molecule has 0 aliphatic rings. The van der Waals surface area contributed by atoms with Crippen molar-refractivity contribution in [2.24, 2.45) is 0 Å². The third-order valence-electron chi connectivity index (χ3n) is 3.67. The molecule has 0 unspecified atom stereocenters. The summed E-state index contributed by atoms with van der Waals surface area (Å²) in [5.41, 5.74) is 5.40. The molecule has 20 heavy (non-hydrogen) atoms. The van der Waals surface area contributed by atoms with Crippen LogP contribution in [0.25, 0.3) is 0 Å². The molecule has 3 heteroatoms. The molecule has 1 heterocycles. The van der Waals surface area contributed by atoms with E-state index < -0.39 is 0 Å². The molecule has 2 rings (SSSR count). The van der Waals surface area contributed by atoms with E-state index in [-0.39, 0.29) is 5.91 Å². The fraction of sp³-hybridized carbons (Fsp3) is 0.294. The number of para-hydroxylation sites is 1. The van der Waals surface area contributed by atoms with Crippen LogP contribution >= 0.6 is 0 Å². The summed E-state index contributed by atoms with van der Waals surface area (Å²) in [5, 5.41) is 3.01. The van der Waals surface area contributed by atoms with Crippen LogP contribution in [0.4, 0.5) is 5.69 Å². The van der Waals surface area contributed by atoms with Gasteiger partial charge in [0.25, 0.3) is 5.91 Å². The minimum Gasteiger partial charge on any atom is -0.320 e. The molecule has 0 aliphatic carbocycles. The lowest BCUT2D eigenvalue weighted by Gasteiger charge is -2.10. The monoisotopic (exact) mass is 269 g/mol. The van der Waals surface area contributed by atoms with E-state index in [1.165, 1.54) is 5.56 Å². The number of nitrogens with one attached hydrogen (secondary N) is 1. The molecule has 1 N–H and O–H groups in total. The number of hydrogen-bond acceptors (Lipinski definition) is 1. The van der Waals surface area contributed by atoms with Crippen molar-refractivity contribution in [2.75, 3.05) is 5.32 Å². The Labute approximate surface area is 120 Å². The van der Waals surface area contributed by atoms with Crippen LogP contribution in [0.15, 0.2) is 36.5 Å². The number of aryl methyl sites for hydroxylation is 3. The van der Waals surface area contributed by atoms with Gasteiger partial charge in [0.2, 0.25) is 6.54 Å². The summed E-state index contributed by atoms with van der Waals surface area (Å²) in [6.07, 6.45) is 1.94. The molecular formula is C17H21N2O+. The number of benzene rings is 1. The Morgan fingerprint density at radius 2 is 1.60 bits per heavy atom. The van der Waals surface area contributed by atoms with Gasteiger partial charge in [-0.15, -0.1) is 0 Å². The SMILES string of the molecule is Cc1cccc(C)c1NC(=O)C[n+]1cccc(C)c1C. The molecule has 0 bridgehead atoms. The zero-order chi connectivity index (χ0) is 14.7. The summed E-state index contributed by atoms with van der Waals surface area (Å²) in [5.74, 6) is 0.00102. The standard InChI is InChI=1S/C17H20N2O/c1-12-9-6-10-19(15(12)4)11-16(20)18-17-13(2)7-5-8-14(17)3/h5-10H,11H2,1-4H3/p+1. The largest absolute Gasteiger partial charge is 0.320 e. The lowest BCUT2D eigenvalue weighted by molar-refractivity contribution is -0.690. The average molecular weight is 269 g/mol. The molecule has 0 aliphatic heterocycles. The number of carbonyl (C=O) groups is 1. The van der Waals surface area contributed by atoms with E-state index in [4.69, 9.17) is 0 Å². The van der Waals surface area contributed by atoms with Gasteiger partial charge < -0.3 is 5.32 Å². The summed E-state index contributed by atoms with van der Waals surface area (Å²) in [7, 11) is 0. The van der Waals surface area contributed by atoms with Crippen LogP contribution in [0.1, 0.15) is 22.4 Å². The van der Waals surface area contributed by atoms with E-state index in [0.717, 1.165) is 22.5 Å². The number of nitrogens with zero attached hydrogens (tertiary/aromatic N) is 1. The molecule has 104 valence electrons. The number of anilines is 1. The lowest BCUT2D eigenvalue weighted by Crippen LogP contribution is -2.43. The number of carbonyl (C=O) groups excluding carboxylic acids is 1. The van der Waals surface area contributed by atoms with Crippen LogP contribution in [-0.4, -0.2) is 5.91 Å². The zero-order valence-electron chi connectivity index (χ0n) is 12.5. The van der Waals surface area contributed by atoms with Crippen LogP contribution in [0.3, 0.4) is 0 Å². The molecule has 0 atom stereocenters. The quantitative estimate of drug-likeness (QED) is 0.854. The van der Waals surface area contributed by atoms with E-state index in [2.05, 4.69) is 18.3 Å². The number of rotatable bonds is 3. The van der Waals surface area contributed by atoms with Gasteiger partial charge in [-0.25, -0.2) is 0 Å².